The molecule has 1 aromatic rings. The number of thioether (sulfide) groups is 2. The van der Waals surface area contributed by atoms with Crippen molar-refractivity contribution in [1.82, 2.24) is 0 Å². The molecule has 0 fully saturated rings. The van der Waals surface area contributed by atoms with Crippen molar-refractivity contribution < 1.29 is 19.1 Å². The highest BCUT2D eigenvalue weighted by Crippen LogP contribution is 2.00. The van der Waals surface area contributed by atoms with Crippen molar-refractivity contribution in [2.75, 3.05) is 36.2 Å². The van der Waals surface area contributed by atoms with Gasteiger partial charge in [0.2, 0.25) is 0 Å². The van der Waals surface area contributed by atoms with E-state index in [9.17, 15) is 9.59 Å². The second kappa shape index (κ2) is 21.6. The van der Waals surface area contributed by atoms with Gasteiger partial charge in [0, 0.05) is 22.7 Å². The Morgan fingerprint density at radius 1 is 0.714 bits per heavy atom. The first kappa shape index (κ1) is 28.5. The van der Waals surface area contributed by atoms with E-state index >= 15 is 0 Å². The fraction of sp³-hybridized carbons (Fsp3) is 0.455. The number of hydrogen-bond donors (Lipinski definition) is 0. The van der Waals surface area contributed by atoms with Crippen molar-refractivity contribution in [2.24, 2.45) is 0 Å². The molecule has 0 saturated carbocycles. The first-order valence-electron chi connectivity index (χ1n) is 9.17. The van der Waals surface area contributed by atoms with Gasteiger partial charge < -0.3 is 9.47 Å². The van der Waals surface area contributed by atoms with Crippen LogP contribution in [-0.4, -0.2) is 48.2 Å². The Morgan fingerprint density at radius 2 is 1.00 bits per heavy atom. The summed E-state index contributed by atoms with van der Waals surface area (Å²) in [5, 5.41) is 0. The third kappa shape index (κ3) is 22.4. The van der Waals surface area contributed by atoms with Crippen LogP contribution in [-0.2, 0) is 19.1 Å². The lowest BCUT2D eigenvalue weighted by Gasteiger charge is -2.02. The Kier molecular flexibility index (Phi) is 22.1. The third-order valence-electron chi connectivity index (χ3n) is 2.69. The molecule has 6 heteroatoms. The standard InChI is InChI=1S/2C8H14O2S.C6H6/c2*1-4-11-6-5-10-8(9)7(2)3;1-2-4-6-5-3-1/h2*2,4-6H2,1,3H3;1-6H. The predicted molar refractivity (Wildman–Crippen MR) is 124 cm³/mol. The quantitative estimate of drug-likeness (QED) is 0.283. The van der Waals surface area contributed by atoms with Crippen molar-refractivity contribution in [3.63, 3.8) is 0 Å². The van der Waals surface area contributed by atoms with Gasteiger partial charge in [-0.2, -0.15) is 23.5 Å². The van der Waals surface area contributed by atoms with Crippen molar-refractivity contribution in [3.05, 3.63) is 60.7 Å². The zero-order valence-corrected chi connectivity index (χ0v) is 19.2. The number of carbonyl (C=O) groups excluding carboxylic acids is 2. The van der Waals surface area contributed by atoms with Gasteiger partial charge in [-0.3, -0.25) is 0 Å². The number of carbonyl (C=O) groups is 2. The van der Waals surface area contributed by atoms with Crippen LogP contribution in [0, 0.1) is 0 Å². The summed E-state index contributed by atoms with van der Waals surface area (Å²) in [6.07, 6.45) is 0. The lowest BCUT2D eigenvalue weighted by atomic mass is 10.4. The van der Waals surface area contributed by atoms with E-state index in [0.717, 1.165) is 23.0 Å². The van der Waals surface area contributed by atoms with E-state index in [1.807, 2.05) is 36.4 Å². The van der Waals surface area contributed by atoms with Gasteiger partial charge in [-0.15, -0.1) is 0 Å². The molecule has 158 valence electrons. The van der Waals surface area contributed by atoms with E-state index < -0.39 is 0 Å². The second-order valence-corrected chi connectivity index (χ2v) is 8.17. The summed E-state index contributed by atoms with van der Waals surface area (Å²) in [6, 6.07) is 12.0. The van der Waals surface area contributed by atoms with Gasteiger partial charge in [0.05, 0.1) is 0 Å². The molecule has 1 rings (SSSR count). The van der Waals surface area contributed by atoms with Gasteiger partial charge >= 0.3 is 11.9 Å². The van der Waals surface area contributed by atoms with E-state index in [1.54, 1.807) is 37.4 Å². The first-order chi connectivity index (χ1) is 13.4. The van der Waals surface area contributed by atoms with Crippen molar-refractivity contribution in [3.8, 4) is 0 Å². The minimum absolute atomic E-state index is 0.290. The molecule has 0 radical (unpaired) electrons. The third-order valence-corrected chi connectivity index (χ3v) is 4.42. The number of rotatable bonds is 10. The fourth-order valence-corrected chi connectivity index (χ4v) is 2.29. The van der Waals surface area contributed by atoms with Crippen LogP contribution in [0.1, 0.15) is 27.7 Å². The van der Waals surface area contributed by atoms with Crippen LogP contribution in [0.15, 0.2) is 60.7 Å². The Balaban J connectivity index is 0. The highest BCUT2D eigenvalue weighted by molar-refractivity contribution is 7.99. The summed E-state index contributed by atoms with van der Waals surface area (Å²) in [4.78, 5) is 21.5. The lowest BCUT2D eigenvalue weighted by molar-refractivity contribution is -0.139. The van der Waals surface area contributed by atoms with E-state index in [2.05, 4.69) is 27.0 Å². The Labute approximate surface area is 179 Å². The minimum atomic E-state index is -0.290. The normalized spacial score (nSPS) is 9.00. The smallest absolute Gasteiger partial charge is 0.333 e. The monoisotopic (exact) mass is 426 g/mol. The summed E-state index contributed by atoms with van der Waals surface area (Å²) >= 11 is 3.51. The molecule has 0 amide bonds. The van der Waals surface area contributed by atoms with Gasteiger partial charge in [-0.25, -0.2) is 9.59 Å². The largest absolute Gasteiger partial charge is 0.461 e. The van der Waals surface area contributed by atoms with Gasteiger partial charge in [0.1, 0.15) is 13.2 Å². The van der Waals surface area contributed by atoms with Gasteiger partial charge in [0.25, 0.3) is 0 Å². The number of ether oxygens (including phenoxy) is 2. The highest BCUT2D eigenvalue weighted by Gasteiger charge is 2.01. The molecule has 0 heterocycles. The van der Waals surface area contributed by atoms with Crippen LogP contribution in [0.2, 0.25) is 0 Å². The average molecular weight is 427 g/mol. The molecule has 0 spiro atoms. The maximum atomic E-state index is 10.8. The van der Waals surface area contributed by atoms with Crippen molar-refractivity contribution in [1.29, 1.82) is 0 Å². The van der Waals surface area contributed by atoms with Gasteiger partial charge in [0.15, 0.2) is 0 Å². The van der Waals surface area contributed by atoms with E-state index in [0.29, 0.717) is 24.4 Å². The molecule has 0 unspecified atom stereocenters. The summed E-state index contributed by atoms with van der Waals surface area (Å²) in [5.41, 5.74) is 0.929. The minimum Gasteiger partial charge on any atom is -0.461 e. The summed E-state index contributed by atoms with van der Waals surface area (Å²) in [6.45, 7) is 15.4. The molecule has 0 atom stereocenters. The molecule has 0 saturated heterocycles. The lowest BCUT2D eigenvalue weighted by Crippen LogP contribution is -2.07. The molecule has 4 nitrogen and oxygen atoms in total. The SMILES string of the molecule is C=C(C)C(=O)OCCSCC.C=C(C)C(=O)OCCSCC.c1ccccc1. The molecular weight excluding hydrogens is 392 g/mol. The number of esters is 2. The molecule has 0 aliphatic heterocycles. The molecule has 0 bridgehead atoms. The zero-order valence-electron chi connectivity index (χ0n) is 17.6. The van der Waals surface area contributed by atoms with Crippen LogP contribution in [0.5, 0.6) is 0 Å². The topological polar surface area (TPSA) is 52.6 Å². The van der Waals surface area contributed by atoms with Crippen molar-refractivity contribution in [2.45, 2.75) is 27.7 Å². The predicted octanol–water partition coefficient (Wildman–Crippen LogP) is 5.40. The average Bonchev–Trinajstić information content (AvgIpc) is 2.70. The zero-order chi connectivity index (χ0) is 21.6. The summed E-state index contributed by atoms with van der Waals surface area (Å²) < 4.78 is 9.69. The van der Waals surface area contributed by atoms with Crippen molar-refractivity contribution >= 4 is 35.5 Å². The van der Waals surface area contributed by atoms with Crippen LogP contribution in [0.3, 0.4) is 0 Å². The summed E-state index contributed by atoms with van der Waals surface area (Å²) in [7, 11) is 0. The molecule has 0 aliphatic rings. The molecular formula is C22H34O4S2. The van der Waals surface area contributed by atoms with Crippen LogP contribution in [0.4, 0.5) is 0 Å². The summed E-state index contributed by atoms with van der Waals surface area (Å²) in [5.74, 6) is 3.28. The highest BCUT2D eigenvalue weighted by atomic mass is 32.2. The first-order valence-corrected chi connectivity index (χ1v) is 11.5. The Hall–Kier alpha value is -1.66. The second-order valence-electron chi connectivity index (χ2n) is 5.38. The van der Waals surface area contributed by atoms with Gasteiger partial charge in [-0.1, -0.05) is 63.4 Å². The molecule has 0 aliphatic carbocycles. The van der Waals surface area contributed by atoms with Crippen LogP contribution in [0.25, 0.3) is 0 Å². The van der Waals surface area contributed by atoms with Crippen LogP contribution < -0.4 is 0 Å². The number of hydrogen-bond acceptors (Lipinski definition) is 6. The van der Waals surface area contributed by atoms with Gasteiger partial charge in [-0.05, 0) is 25.4 Å². The molecule has 0 N–H and O–H groups in total. The van der Waals surface area contributed by atoms with E-state index in [4.69, 9.17) is 9.47 Å². The fourth-order valence-electron chi connectivity index (χ4n) is 1.31. The number of benzene rings is 1. The van der Waals surface area contributed by atoms with E-state index in [1.165, 1.54) is 0 Å². The maximum Gasteiger partial charge on any atom is 0.333 e. The Morgan fingerprint density at radius 3 is 1.21 bits per heavy atom. The Bertz CT molecular complexity index is 484. The molecule has 1 aromatic carbocycles. The van der Waals surface area contributed by atoms with Crippen LogP contribution >= 0.6 is 23.5 Å². The van der Waals surface area contributed by atoms with E-state index in [-0.39, 0.29) is 11.9 Å². The maximum absolute atomic E-state index is 10.8. The molecule has 0 aromatic heterocycles. The molecule has 28 heavy (non-hydrogen) atoms.